The first kappa shape index (κ1) is 12.0. The highest BCUT2D eigenvalue weighted by Gasteiger charge is 2.31. The van der Waals surface area contributed by atoms with E-state index in [1.165, 1.54) is 12.8 Å². The minimum atomic E-state index is -0.243. The minimum absolute atomic E-state index is 0.243. The van der Waals surface area contributed by atoms with E-state index in [0.717, 1.165) is 25.6 Å². The molecule has 1 aliphatic carbocycles. The number of rotatable bonds is 7. The number of methoxy groups -OCH3 is 1. The quantitative estimate of drug-likeness (QED) is 0.670. The zero-order valence-corrected chi connectivity index (χ0v) is 9.57. The predicted octanol–water partition coefficient (Wildman–Crippen LogP) is 1.11. The molecule has 0 spiro atoms. The molecule has 84 valence electrons. The first-order valence-electron chi connectivity index (χ1n) is 5.56. The molecule has 3 heteroatoms. The van der Waals surface area contributed by atoms with Gasteiger partial charge in [0.1, 0.15) is 0 Å². The number of nitrogens with zero attached hydrogens (tertiary/aromatic N) is 1. The highest BCUT2D eigenvalue weighted by molar-refractivity contribution is 4.85. The highest BCUT2D eigenvalue weighted by atomic mass is 16.5. The molecule has 0 aromatic carbocycles. The Bertz CT molecular complexity index is 157. The van der Waals surface area contributed by atoms with Crippen LogP contribution < -0.4 is 0 Å². The number of hydrogen-bond acceptors (Lipinski definition) is 3. The van der Waals surface area contributed by atoms with Gasteiger partial charge in [-0.25, -0.2) is 0 Å². The summed E-state index contributed by atoms with van der Waals surface area (Å²) >= 11 is 0. The summed E-state index contributed by atoms with van der Waals surface area (Å²) in [6, 6.07) is 0.597. The van der Waals surface area contributed by atoms with Gasteiger partial charge in [0.2, 0.25) is 0 Å². The number of hydrogen-bond donors (Lipinski definition) is 1. The largest absolute Gasteiger partial charge is 0.392 e. The molecule has 1 N–H and O–H groups in total. The van der Waals surface area contributed by atoms with Crippen LogP contribution in [0.4, 0.5) is 0 Å². The topological polar surface area (TPSA) is 32.7 Å². The van der Waals surface area contributed by atoms with Crippen molar-refractivity contribution in [1.82, 2.24) is 4.90 Å². The average Bonchev–Trinajstić information content (AvgIpc) is 2.93. The van der Waals surface area contributed by atoms with Crippen LogP contribution in [0.5, 0.6) is 0 Å². The van der Waals surface area contributed by atoms with Gasteiger partial charge in [0, 0.05) is 26.2 Å². The maximum absolute atomic E-state index is 9.39. The van der Waals surface area contributed by atoms with E-state index in [1.54, 1.807) is 7.11 Å². The third-order valence-electron chi connectivity index (χ3n) is 2.96. The average molecular weight is 201 g/mol. The van der Waals surface area contributed by atoms with E-state index in [1.807, 2.05) is 6.92 Å². The molecule has 1 rings (SSSR count). The molecule has 0 saturated heterocycles. The Hall–Kier alpha value is -0.120. The lowest BCUT2D eigenvalue weighted by Gasteiger charge is -2.29. The number of aliphatic hydroxyl groups excluding tert-OH is 1. The first-order chi connectivity index (χ1) is 6.65. The van der Waals surface area contributed by atoms with Gasteiger partial charge in [0.15, 0.2) is 0 Å². The molecule has 0 heterocycles. The second-order valence-electron chi connectivity index (χ2n) is 4.41. The second kappa shape index (κ2) is 5.69. The van der Waals surface area contributed by atoms with Gasteiger partial charge in [-0.1, -0.05) is 0 Å². The van der Waals surface area contributed by atoms with Crippen LogP contribution in [0.1, 0.15) is 26.7 Å². The van der Waals surface area contributed by atoms with E-state index in [9.17, 15) is 5.11 Å². The van der Waals surface area contributed by atoms with Crippen LogP contribution in [0.25, 0.3) is 0 Å². The Balaban J connectivity index is 2.33. The molecule has 0 amide bonds. The van der Waals surface area contributed by atoms with Crippen LogP contribution >= 0.6 is 0 Å². The Morgan fingerprint density at radius 2 is 2.07 bits per heavy atom. The molecular formula is C11H23NO2. The Morgan fingerprint density at radius 1 is 1.43 bits per heavy atom. The standard InChI is InChI=1S/C11H23NO2/c1-9(13)8-12(6-7-14-3)10(2)11-4-5-11/h9-11,13H,4-8H2,1-3H3. The van der Waals surface area contributed by atoms with Crippen LogP contribution in [0, 0.1) is 5.92 Å². The van der Waals surface area contributed by atoms with Crippen molar-refractivity contribution < 1.29 is 9.84 Å². The van der Waals surface area contributed by atoms with Crippen LogP contribution in [0.3, 0.4) is 0 Å². The fourth-order valence-corrected chi connectivity index (χ4v) is 1.89. The summed E-state index contributed by atoms with van der Waals surface area (Å²) in [6.45, 7) is 6.55. The minimum Gasteiger partial charge on any atom is -0.392 e. The zero-order valence-electron chi connectivity index (χ0n) is 9.57. The summed E-state index contributed by atoms with van der Waals surface area (Å²) in [5.41, 5.74) is 0. The SMILES string of the molecule is COCCN(CC(C)O)C(C)C1CC1. The summed E-state index contributed by atoms with van der Waals surface area (Å²) in [4.78, 5) is 2.34. The number of aliphatic hydroxyl groups is 1. The van der Waals surface area contributed by atoms with Gasteiger partial charge in [0.25, 0.3) is 0 Å². The van der Waals surface area contributed by atoms with Crippen LogP contribution in [-0.2, 0) is 4.74 Å². The smallest absolute Gasteiger partial charge is 0.0639 e. The van der Waals surface area contributed by atoms with Crippen LogP contribution in [0.2, 0.25) is 0 Å². The summed E-state index contributed by atoms with van der Waals surface area (Å²) in [6.07, 6.45) is 2.46. The van der Waals surface area contributed by atoms with Gasteiger partial charge < -0.3 is 9.84 Å². The van der Waals surface area contributed by atoms with Crippen molar-refractivity contribution in [2.45, 2.75) is 38.8 Å². The van der Waals surface area contributed by atoms with Crippen molar-refractivity contribution >= 4 is 0 Å². The third kappa shape index (κ3) is 3.95. The number of ether oxygens (including phenoxy) is 1. The maximum atomic E-state index is 9.39. The van der Waals surface area contributed by atoms with E-state index in [4.69, 9.17) is 4.74 Å². The van der Waals surface area contributed by atoms with Gasteiger partial charge in [-0.3, -0.25) is 4.90 Å². The fraction of sp³-hybridized carbons (Fsp3) is 1.00. The van der Waals surface area contributed by atoms with Gasteiger partial charge in [-0.2, -0.15) is 0 Å². The molecule has 0 aromatic rings. The van der Waals surface area contributed by atoms with Crippen molar-refractivity contribution in [2.24, 2.45) is 5.92 Å². The zero-order chi connectivity index (χ0) is 10.6. The summed E-state index contributed by atoms with van der Waals surface area (Å²) in [5, 5.41) is 9.39. The predicted molar refractivity (Wildman–Crippen MR) is 57.3 cm³/mol. The molecule has 0 bridgehead atoms. The highest BCUT2D eigenvalue weighted by Crippen LogP contribution is 2.35. The molecule has 1 fully saturated rings. The van der Waals surface area contributed by atoms with Crippen LogP contribution in [-0.4, -0.2) is 49.0 Å². The lowest BCUT2D eigenvalue weighted by molar-refractivity contribution is 0.0699. The lowest BCUT2D eigenvalue weighted by Crippen LogP contribution is -2.41. The summed E-state index contributed by atoms with van der Waals surface area (Å²) < 4.78 is 5.08. The van der Waals surface area contributed by atoms with E-state index >= 15 is 0 Å². The second-order valence-corrected chi connectivity index (χ2v) is 4.41. The third-order valence-corrected chi connectivity index (χ3v) is 2.96. The van der Waals surface area contributed by atoms with Crippen molar-refractivity contribution in [1.29, 1.82) is 0 Å². The van der Waals surface area contributed by atoms with Crippen molar-refractivity contribution in [2.75, 3.05) is 26.8 Å². The van der Waals surface area contributed by atoms with E-state index in [0.29, 0.717) is 6.04 Å². The van der Waals surface area contributed by atoms with Crippen molar-refractivity contribution in [3.8, 4) is 0 Å². The van der Waals surface area contributed by atoms with Crippen molar-refractivity contribution in [3.63, 3.8) is 0 Å². The molecule has 3 nitrogen and oxygen atoms in total. The van der Waals surface area contributed by atoms with Gasteiger partial charge >= 0.3 is 0 Å². The fourth-order valence-electron chi connectivity index (χ4n) is 1.89. The molecule has 2 atom stereocenters. The normalized spacial score (nSPS) is 21.2. The van der Waals surface area contributed by atoms with Gasteiger partial charge in [0.05, 0.1) is 12.7 Å². The van der Waals surface area contributed by atoms with E-state index in [-0.39, 0.29) is 6.10 Å². The molecule has 2 unspecified atom stereocenters. The molecule has 1 saturated carbocycles. The molecular weight excluding hydrogens is 178 g/mol. The molecule has 0 aliphatic heterocycles. The van der Waals surface area contributed by atoms with Gasteiger partial charge in [-0.15, -0.1) is 0 Å². The maximum Gasteiger partial charge on any atom is 0.0639 e. The molecule has 0 aromatic heterocycles. The Morgan fingerprint density at radius 3 is 2.50 bits per heavy atom. The summed E-state index contributed by atoms with van der Waals surface area (Å²) in [5.74, 6) is 0.852. The monoisotopic (exact) mass is 201 g/mol. The molecule has 14 heavy (non-hydrogen) atoms. The van der Waals surface area contributed by atoms with E-state index < -0.39 is 0 Å². The lowest BCUT2D eigenvalue weighted by atomic mass is 10.1. The summed E-state index contributed by atoms with van der Waals surface area (Å²) in [7, 11) is 1.72. The Kier molecular flexibility index (Phi) is 4.85. The molecule has 1 aliphatic rings. The Labute approximate surface area is 87.1 Å². The first-order valence-corrected chi connectivity index (χ1v) is 5.56. The van der Waals surface area contributed by atoms with Crippen LogP contribution in [0.15, 0.2) is 0 Å². The van der Waals surface area contributed by atoms with Gasteiger partial charge in [-0.05, 0) is 32.6 Å². The molecule has 0 radical (unpaired) electrons. The van der Waals surface area contributed by atoms with Crippen molar-refractivity contribution in [3.05, 3.63) is 0 Å². The van der Waals surface area contributed by atoms with E-state index in [2.05, 4.69) is 11.8 Å².